The number of hydrogen-bond donors (Lipinski definition) is 4. The maximum atomic E-state index is 12.7. The molecule has 1 heterocycles. The zero-order chi connectivity index (χ0) is 17.7. The van der Waals surface area contributed by atoms with E-state index in [4.69, 9.17) is 5.73 Å². The van der Waals surface area contributed by atoms with Crippen molar-refractivity contribution in [3.63, 3.8) is 0 Å². The average molecular weight is 335 g/mol. The van der Waals surface area contributed by atoms with Crippen molar-refractivity contribution in [1.82, 2.24) is 10.2 Å². The average Bonchev–Trinajstić information content (AvgIpc) is 3.05. The smallest absolute Gasteiger partial charge is 0.326 e. The number of nitrogens with zero attached hydrogens (tertiary/aromatic N) is 1. The van der Waals surface area contributed by atoms with Gasteiger partial charge in [-0.2, -0.15) is 0 Å². The van der Waals surface area contributed by atoms with Gasteiger partial charge in [-0.1, -0.05) is 12.1 Å². The fourth-order valence-electron chi connectivity index (χ4n) is 2.81. The standard InChI is InChI=1S/C16H21N3O5/c17-9-14(21)18-12(8-10-3-5-11(20)6-4-10)15(22)19-7-1-2-13(19)16(23)24/h3-6,12-13,20H,1-2,7-9,17H2,(H,18,21)(H,23,24). The van der Waals surface area contributed by atoms with E-state index in [9.17, 15) is 24.6 Å². The highest BCUT2D eigenvalue weighted by Crippen LogP contribution is 2.20. The minimum atomic E-state index is -1.05. The van der Waals surface area contributed by atoms with Gasteiger partial charge in [0.1, 0.15) is 17.8 Å². The number of aromatic hydroxyl groups is 1. The van der Waals surface area contributed by atoms with Crippen molar-refractivity contribution in [3.8, 4) is 5.75 Å². The third-order valence-corrected chi connectivity index (χ3v) is 4.02. The van der Waals surface area contributed by atoms with Gasteiger partial charge in [-0.15, -0.1) is 0 Å². The molecule has 130 valence electrons. The van der Waals surface area contributed by atoms with Gasteiger partial charge < -0.3 is 26.2 Å². The number of carbonyl (C=O) groups is 3. The van der Waals surface area contributed by atoms with Crippen molar-refractivity contribution in [2.45, 2.75) is 31.3 Å². The molecule has 2 rings (SSSR count). The molecule has 1 saturated heterocycles. The molecular formula is C16H21N3O5. The van der Waals surface area contributed by atoms with Crippen LogP contribution in [0, 0.1) is 0 Å². The van der Waals surface area contributed by atoms with E-state index in [0.29, 0.717) is 19.4 Å². The molecule has 5 N–H and O–H groups in total. The van der Waals surface area contributed by atoms with Crippen LogP contribution in [0.1, 0.15) is 18.4 Å². The summed E-state index contributed by atoms with van der Waals surface area (Å²) in [5, 5.41) is 21.1. The summed E-state index contributed by atoms with van der Waals surface area (Å²) < 4.78 is 0. The lowest BCUT2D eigenvalue weighted by molar-refractivity contribution is -0.149. The quantitative estimate of drug-likeness (QED) is 0.551. The maximum absolute atomic E-state index is 12.7. The number of carbonyl (C=O) groups excluding carboxylic acids is 2. The Labute approximate surface area is 139 Å². The van der Waals surface area contributed by atoms with Crippen LogP contribution in [0.25, 0.3) is 0 Å². The van der Waals surface area contributed by atoms with Crippen LogP contribution in [0.15, 0.2) is 24.3 Å². The molecule has 1 aromatic rings. The van der Waals surface area contributed by atoms with E-state index >= 15 is 0 Å². The second-order valence-corrected chi connectivity index (χ2v) is 5.72. The van der Waals surface area contributed by atoms with Crippen LogP contribution in [0.5, 0.6) is 5.75 Å². The lowest BCUT2D eigenvalue weighted by Crippen LogP contribution is -2.53. The summed E-state index contributed by atoms with van der Waals surface area (Å²) in [5.74, 6) is -1.87. The summed E-state index contributed by atoms with van der Waals surface area (Å²) in [5.41, 5.74) is 6.03. The van der Waals surface area contributed by atoms with Gasteiger partial charge in [-0.3, -0.25) is 9.59 Å². The van der Waals surface area contributed by atoms with E-state index in [-0.39, 0.29) is 18.7 Å². The van der Waals surface area contributed by atoms with Gasteiger partial charge in [0.05, 0.1) is 6.54 Å². The maximum Gasteiger partial charge on any atom is 0.326 e. The molecule has 0 bridgehead atoms. The molecule has 0 radical (unpaired) electrons. The number of amides is 2. The van der Waals surface area contributed by atoms with E-state index < -0.39 is 29.9 Å². The van der Waals surface area contributed by atoms with Gasteiger partial charge in [-0.25, -0.2) is 4.79 Å². The molecular weight excluding hydrogens is 314 g/mol. The molecule has 0 aromatic heterocycles. The Morgan fingerprint density at radius 1 is 1.29 bits per heavy atom. The molecule has 2 atom stereocenters. The number of likely N-dealkylation sites (tertiary alicyclic amines) is 1. The summed E-state index contributed by atoms with van der Waals surface area (Å²) in [6.07, 6.45) is 1.20. The molecule has 1 aliphatic rings. The number of nitrogens with one attached hydrogen (secondary N) is 1. The summed E-state index contributed by atoms with van der Waals surface area (Å²) in [7, 11) is 0. The van der Waals surface area contributed by atoms with Gasteiger partial charge in [0.15, 0.2) is 0 Å². The molecule has 24 heavy (non-hydrogen) atoms. The van der Waals surface area contributed by atoms with Crippen LogP contribution in [0.3, 0.4) is 0 Å². The summed E-state index contributed by atoms with van der Waals surface area (Å²) in [6.45, 7) is 0.0854. The van der Waals surface area contributed by atoms with Crippen LogP contribution >= 0.6 is 0 Å². The Hall–Kier alpha value is -2.61. The molecule has 0 aliphatic carbocycles. The lowest BCUT2D eigenvalue weighted by atomic mass is 10.0. The monoisotopic (exact) mass is 335 g/mol. The predicted molar refractivity (Wildman–Crippen MR) is 85.2 cm³/mol. The first kappa shape index (κ1) is 17.7. The Morgan fingerprint density at radius 3 is 2.54 bits per heavy atom. The molecule has 1 aromatic carbocycles. The largest absolute Gasteiger partial charge is 0.508 e. The minimum absolute atomic E-state index is 0.0955. The Bertz CT molecular complexity index is 617. The molecule has 0 saturated carbocycles. The van der Waals surface area contributed by atoms with Crippen LogP contribution in [-0.4, -0.2) is 58.1 Å². The molecule has 2 unspecified atom stereocenters. The number of carboxylic acids is 1. The number of aliphatic carboxylic acids is 1. The number of rotatable bonds is 6. The van der Waals surface area contributed by atoms with Gasteiger partial charge in [0, 0.05) is 13.0 Å². The molecule has 0 spiro atoms. The number of phenols is 1. The number of nitrogens with two attached hydrogens (primary N) is 1. The summed E-state index contributed by atoms with van der Waals surface area (Å²) in [4.78, 5) is 37.0. The normalized spacial score (nSPS) is 18.2. The van der Waals surface area contributed by atoms with Crippen LogP contribution in [0.2, 0.25) is 0 Å². The van der Waals surface area contributed by atoms with E-state index in [1.54, 1.807) is 12.1 Å². The minimum Gasteiger partial charge on any atom is -0.508 e. The van der Waals surface area contributed by atoms with Gasteiger partial charge >= 0.3 is 5.97 Å². The van der Waals surface area contributed by atoms with Gasteiger partial charge in [0.2, 0.25) is 11.8 Å². The van der Waals surface area contributed by atoms with Gasteiger partial charge in [-0.05, 0) is 30.5 Å². The topological polar surface area (TPSA) is 133 Å². The number of phenolic OH excluding ortho intramolecular Hbond substituents is 1. The van der Waals surface area contributed by atoms with Crippen LogP contribution in [-0.2, 0) is 20.8 Å². The highest BCUT2D eigenvalue weighted by molar-refractivity contribution is 5.91. The SMILES string of the molecule is NCC(=O)NC(Cc1ccc(O)cc1)C(=O)N1CCCC1C(=O)O. The van der Waals surface area contributed by atoms with E-state index in [1.165, 1.54) is 17.0 Å². The van der Waals surface area contributed by atoms with Crippen molar-refractivity contribution in [2.75, 3.05) is 13.1 Å². The first-order valence-electron chi connectivity index (χ1n) is 7.73. The number of benzene rings is 1. The van der Waals surface area contributed by atoms with Crippen molar-refractivity contribution >= 4 is 17.8 Å². The second-order valence-electron chi connectivity index (χ2n) is 5.72. The molecule has 8 nitrogen and oxygen atoms in total. The van der Waals surface area contributed by atoms with Crippen molar-refractivity contribution < 1.29 is 24.6 Å². The number of hydrogen-bond acceptors (Lipinski definition) is 5. The molecule has 1 aliphatic heterocycles. The highest BCUT2D eigenvalue weighted by atomic mass is 16.4. The van der Waals surface area contributed by atoms with E-state index in [2.05, 4.69) is 5.32 Å². The fraction of sp³-hybridized carbons (Fsp3) is 0.438. The highest BCUT2D eigenvalue weighted by Gasteiger charge is 2.37. The second kappa shape index (κ2) is 7.78. The van der Waals surface area contributed by atoms with Crippen LogP contribution in [0.4, 0.5) is 0 Å². The van der Waals surface area contributed by atoms with E-state index in [1.807, 2.05) is 0 Å². The molecule has 2 amide bonds. The predicted octanol–water partition coefficient (Wildman–Crippen LogP) is -0.546. The van der Waals surface area contributed by atoms with Crippen molar-refractivity contribution in [3.05, 3.63) is 29.8 Å². The van der Waals surface area contributed by atoms with Gasteiger partial charge in [0.25, 0.3) is 0 Å². The van der Waals surface area contributed by atoms with Crippen molar-refractivity contribution in [1.29, 1.82) is 0 Å². The number of carboxylic acid groups (broad SMARTS) is 1. The summed E-state index contributed by atoms with van der Waals surface area (Å²) in [6, 6.07) is 4.49. The molecule has 8 heteroatoms. The third-order valence-electron chi connectivity index (χ3n) is 4.02. The lowest BCUT2D eigenvalue weighted by Gasteiger charge is -2.27. The first-order valence-corrected chi connectivity index (χ1v) is 7.73. The zero-order valence-electron chi connectivity index (χ0n) is 13.1. The van der Waals surface area contributed by atoms with Crippen LogP contribution < -0.4 is 11.1 Å². The molecule has 1 fully saturated rings. The summed E-state index contributed by atoms with van der Waals surface area (Å²) >= 11 is 0. The van der Waals surface area contributed by atoms with Crippen molar-refractivity contribution in [2.24, 2.45) is 5.73 Å². The zero-order valence-corrected chi connectivity index (χ0v) is 13.1. The fourth-order valence-corrected chi connectivity index (χ4v) is 2.81. The Kier molecular flexibility index (Phi) is 5.75. The third kappa shape index (κ3) is 4.23. The van der Waals surface area contributed by atoms with E-state index in [0.717, 1.165) is 5.56 Å². The first-order chi connectivity index (χ1) is 11.4. The Balaban J connectivity index is 2.18. The Morgan fingerprint density at radius 2 is 1.96 bits per heavy atom.